The minimum atomic E-state index is -0.722. The molecule has 3 aromatic rings. The van der Waals surface area contributed by atoms with Crippen LogP contribution < -0.4 is 5.32 Å². The Hall–Kier alpha value is -3.85. The zero-order chi connectivity index (χ0) is 25.2. The fourth-order valence-corrected chi connectivity index (χ4v) is 5.15. The number of nitrogens with zero attached hydrogens (tertiary/aromatic N) is 3. The summed E-state index contributed by atoms with van der Waals surface area (Å²) in [5.74, 6) is -1.60. The zero-order valence-corrected chi connectivity index (χ0v) is 20.1. The molecule has 0 bridgehead atoms. The number of nitrogens with one attached hydrogen (secondary N) is 1. The fourth-order valence-electron chi connectivity index (χ4n) is 4.09. The average molecular weight is 505 g/mol. The van der Waals surface area contributed by atoms with Crippen LogP contribution in [0.3, 0.4) is 0 Å². The van der Waals surface area contributed by atoms with E-state index in [1.807, 2.05) is 30.3 Å². The van der Waals surface area contributed by atoms with Crippen LogP contribution >= 0.6 is 11.8 Å². The maximum Gasteiger partial charge on any atom is 0.262 e. The molecular weight excluding hydrogens is 482 g/mol. The van der Waals surface area contributed by atoms with Gasteiger partial charge in [0, 0.05) is 18.5 Å². The van der Waals surface area contributed by atoms with Gasteiger partial charge < -0.3 is 5.32 Å². The van der Waals surface area contributed by atoms with E-state index in [-0.39, 0.29) is 18.3 Å². The maximum absolute atomic E-state index is 13.8. The number of thioether (sulfide) groups is 1. The number of aliphatic imine (C=N–C) groups is 1. The molecule has 2 atom stereocenters. The molecule has 2 aliphatic heterocycles. The van der Waals surface area contributed by atoms with Crippen molar-refractivity contribution in [3.05, 3.63) is 101 Å². The number of carbonyl (C=O) groups excluding carboxylic acids is 2. The van der Waals surface area contributed by atoms with E-state index in [1.165, 1.54) is 30.0 Å². The number of carbonyl (C=O) groups is 2. The molecule has 0 unspecified atom stereocenters. The second kappa shape index (κ2) is 10.0. The third-order valence-electron chi connectivity index (χ3n) is 6.02. The van der Waals surface area contributed by atoms with Crippen LogP contribution in [-0.4, -0.2) is 33.0 Å². The van der Waals surface area contributed by atoms with Gasteiger partial charge >= 0.3 is 0 Å². The van der Waals surface area contributed by atoms with Gasteiger partial charge in [-0.2, -0.15) is 10.1 Å². The highest BCUT2D eigenvalue weighted by atomic mass is 32.2. The van der Waals surface area contributed by atoms with Crippen LogP contribution in [0.4, 0.5) is 14.5 Å². The van der Waals surface area contributed by atoms with Crippen molar-refractivity contribution < 1.29 is 18.4 Å². The van der Waals surface area contributed by atoms with Crippen LogP contribution in [0.1, 0.15) is 35.6 Å². The fraction of sp³-hybridized carbons (Fsp3) is 0.185. The van der Waals surface area contributed by atoms with Crippen LogP contribution in [0.25, 0.3) is 0 Å². The predicted octanol–water partition coefficient (Wildman–Crippen LogP) is 5.45. The van der Waals surface area contributed by atoms with Crippen molar-refractivity contribution in [2.45, 2.75) is 31.1 Å². The highest BCUT2D eigenvalue weighted by molar-refractivity contribution is 8.15. The second-order valence-corrected chi connectivity index (χ2v) is 9.75. The van der Waals surface area contributed by atoms with Crippen molar-refractivity contribution in [1.29, 1.82) is 0 Å². The van der Waals surface area contributed by atoms with Gasteiger partial charge in [0.15, 0.2) is 5.17 Å². The molecule has 2 amide bonds. The van der Waals surface area contributed by atoms with Crippen LogP contribution in [0, 0.1) is 18.6 Å². The first-order valence-corrected chi connectivity index (χ1v) is 12.3. The lowest BCUT2D eigenvalue weighted by Crippen LogP contribution is -2.25. The lowest BCUT2D eigenvalue weighted by Gasteiger charge is -2.23. The zero-order valence-electron chi connectivity index (χ0n) is 19.3. The SMILES string of the molecule is Cc1ccc(NC(=O)C[C@H]2SC(N3N=C(c4ccccc4)C[C@@H]3c3ccc(F)cc3)=NC2=O)cc1F. The Morgan fingerprint density at radius 2 is 1.83 bits per heavy atom. The molecule has 0 saturated carbocycles. The van der Waals surface area contributed by atoms with Crippen LogP contribution in [0.2, 0.25) is 0 Å². The summed E-state index contributed by atoms with van der Waals surface area (Å²) in [6.07, 6.45) is 0.434. The summed E-state index contributed by atoms with van der Waals surface area (Å²) >= 11 is 1.17. The quantitative estimate of drug-likeness (QED) is 0.501. The maximum atomic E-state index is 13.8. The number of hydrogen-bond acceptors (Lipinski definition) is 5. The first-order valence-electron chi connectivity index (χ1n) is 11.4. The molecule has 182 valence electrons. The van der Waals surface area contributed by atoms with E-state index < -0.39 is 22.9 Å². The van der Waals surface area contributed by atoms with E-state index >= 15 is 0 Å². The number of amidine groups is 1. The molecule has 2 heterocycles. The monoisotopic (exact) mass is 504 g/mol. The molecule has 0 spiro atoms. The number of benzene rings is 3. The number of rotatable bonds is 5. The molecule has 5 rings (SSSR count). The molecule has 0 radical (unpaired) electrons. The van der Waals surface area contributed by atoms with Crippen LogP contribution in [-0.2, 0) is 9.59 Å². The Morgan fingerprint density at radius 3 is 2.56 bits per heavy atom. The smallest absolute Gasteiger partial charge is 0.262 e. The molecule has 1 N–H and O–H groups in total. The topological polar surface area (TPSA) is 74.1 Å². The molecule has 3 aromatic carbocycles. The van der Waals surface area contributed by atoms with Crippen LogP contribution in [0.5, 0.6) is 0 Å². The van der Waals surface area contributed by atoms with Gasteiger partial charge in [0.25, 0.3) is 5.91 Å². The van der Waals surface area contributed by atoms with Crippen LogP contribution in [0.15, 0.2) is 82.9 Å². The lowest BCUT2D eigenvalue weighted by molar-refractivity contribution is -0.121. The second-order valence-electron chi connectivity index (χ2n) is 8.58. The number of halogens is 2. The molecule has 2 aliphatic rings. The number of hydrazone groups is 1. The Balaban J connectivity index is 1.33. The van der Waals surface area contributed by atoms with Crippen molar-refractivity contribution in [2.24, 2.45) is 10.1 Å². The van der Waals surface area contributed by atoms with Gasteiger partial charge in [-0.15, -0.1) is 0 Å². The molecule has 0 fully saturated rings. The summed E-state index contributed by atoms with van der Waals surface area (Å²) in [6.45, 7) is 1.64. The molecular formula is C27H22F2N4O2S. The molecule has 0 aliphatic carbocycles. The van der Waals surface area contributed by atoms with Crippen molar-refractivity contribution in [3.8, 4) is 0 Å². The Labute approximate surface area is 211 Å². The third kappa shape index (κ3) is 5.06. The Kier molecular flexibility index (Phi) is 6.65. The van der Waals surface area contributed by atoms with E-state index in [0.717, 1.165) is 16.8 Å². The largest absolute Gasteiger partial charge is 0.326 e. The number of aryl methyl sites for hydroxylation is 1. The van der Waals surface area contributed by atoms with E-state index in [4.69, 9.17) is 5.10 Å². The van der Waals surface area contributed by atoms with E-state index in [9.17, 15) is 18.4 Å². The van der Waals surface area contributed by atoms with Crippen molar-refractivity contribution in [2.75, 3.05) is 5.32 Å². The first kappa shape index (κ1) is 23.9. The minimum Gasteiger partial charge on any atom is -0.326 e. The molecule has 0 aromatic heterocycles. The van der Waals surface area contributed by atoms with Crippen molar-refractivity contribution >= 4 is 40.1 Å². The molecule has 36 heavy (non-hydrogen) atoms. The van der Waals surface area contributed by atoms with Gasteiger partial charge in [-0.05, 0) is 47.9 Å². The first-order chi connectivity index (χ1) is 17.4. The molecule has 0 saturated heterocycles. The summed E-state index contributed by atoms with van der Waals surface area (Å²) in [7, 11) is 0. The minimum absolute atomic E-state index is 0.115. The summed E-state index contributed by atoms with van der Waals surface area (Å²) in [6, 6.07) is 20.0. The molecule has 9 heteroatoms. The number of hydrogen-bond donors (Lipinski definition) is 1. The number of anilines is 1. The average Bonchev–Trinajstić information content (AvgIpc) is 3.46. The Morgan fingerprint density at radius 1 is 1.08 bits per heavy atom. The van der Waals surface area contributed by atoms with Gasteiger partial charge in [-0.25, -0.2) is 13.8 Å². The van der Waals surface area contributed by atoms with Gasteiger partial charge in [0.1, 0.15) is 16.9 Å². The predicted molar refractivity (Wildman–Crippen MR) is 137 cm³/mol. The normalized spacial score (nSPS) is 19.3. The summed E-state index contributed by atoms with van der Waals surface area (Å²) < 4.78 is 27.4. The Bertz CT molecular complexity index is 1380. The van der Waals surface area contributed by atoms with Gasteiger partial charge in [0.05, 0.1) is 11.8 Å². The third-order valence-corrected chi connectivity index (χ3v) is 7.17. The van der Waals surface area contributed by atoms with Gasteiger partial charge in [0.2, 0.25) is 5.91 Å². The summed E-state index contributed by atoms with van der Waals surface area (Å²) in [5.41, 5.74) is 3.41. The van der Waals surface area contributed by atoms with E-state index in [0.29, 0.717) is 22.8 Å². The summed E-state index contributed by atoms with van der Waals surface area (Å²) in [4.78, 5) is 29.5. The van der Waals surface area contributed by atoms with E-state index in [1.54, 1.807) is 36.2 Å². The summed E-state index contributed by atoms with van der Waals surface area (Å²) in [5, 5.41) is 8.75. The standard InChI is InChI=1S/C27H22F2N4O2S/c1-16-7-12-20(13-21(16)29)30-25(34)15-24-26(35)31-27(36-24)33-23(18-8-10-19(28)11-9-18)14-22(32-33)17-5-3-2-4-6-17/h2-13,23-24H,14-15H2,1H3,(H,30,34)/t23-,24-/m1/s1. The van der Waals surface area contributed by atoms with Gasteiger partial charge in [-0.1, -0.05) is 60.3 Å². The van der Waals surface area contributed by atoms with Crippen molar-refractivity contribution in [3.63, 3.8) is 0 Å². The van der Waals surface area contributed by atoms with Gasteiger partial charge in [-0.3, -0.25) is 9.59 Å². The number of amides is 2. The highest BCUT2D eigenvalue weighted by Gasteiger charge is 2.39. The molecule has 6 nitrogen and oxygen atoms in total. The van der Waals surface area contributed by atoms with Crippen molar-refractivity contribution in [1.82, 2.24) is 5.01 Å². The van der Waals surface area contributed by atoms with E-state index in [2.05, 4.69) is 10.3 Å². The highest BCUT2D eigenvalue weighted by Crippen LogP contribution is 2.38. The lowest BCUT2D eigenvalue weighted by atomic mass is 9.99.